The summed E-state index contributed by atoms with van der Waals surface area (Å²) in [4.78, 5) is 18.3. The number of carbonyl (C=O) groups is 1. The van der Waals surface area contributed by atoms with Crippen molar-refractivity contribution in [2.45, 2.75) is 50.4 Å². The molecule has 3 fully saturated rings. The van der Waals surface area contributed by atoms with Crippen LogP contribution >= 0.6 is 0 Å². The van der Waals surface area contributed by atoms with Gasteiger partial charge in [-0.3, -0.25) is 4.79 Å². The molecule has 0 bridgehead atoms. The van der Waals surface area contributed by atoms with E-state index in [1.807, 2.05) is 18.0 Å². The fourth-order valence-electron chi connectivity index (χ4n) is 4.75. The molecular weight excluding hydrogens is 304 g/mol. The molecule has 1 saturated heterocycles. The third-order valence-electron chi connectivity index (χ3n) is 6.12. The Hall–Kier alpha value is -2.11. The Morgan fingerprint density at radius 1 is 1.38 bits per heavy atom. The summed E-state index contributed by atoms with van der Waals surface area (Å²) in [6.07, 6.45) is 7.63. The van der Waals surface area contributed by atoms with Gasteiger partial charge in [-0.1, -0.05) is 6.42 Å². The molecule has 2 atom stereocenters. The fraction of sp³-hybridized carbons (Fsp3) is 0.611. The number of H-pyrrole nitrogens is 1. The van der Waals surface area contributed by atoms with Gasteiger partial charge in [-0.05, 0) is 49.1 Å². The Labute approximate surface area is 140 Å². The Morgan fingerprint density at radius 2 is 2.25 bits per heavy atom. The third kappa shape index (κ3) is 1.98. The average Bonchev–Trinajstić information content (AvgIpc) is 2.98. The fourth-order valence-corrected chi connectivity index (χ4v) is 4.75. The van der Waals surface area contributed by atoms with Crippen LogP contribution < -0.4 is 0 Å². The lowest BCUT2D eigenvalue weighted by Crippen LogP contribution is -2.35. The molecule has 0 spiro atoms. The maximum atomic E-state index is 13.1. The van der Waals surface area contributed by atoms with Crippen molar-refractivity contribution in [1.29, 1.82) is 0 Å². The molecule has 3 aliphatic rings. The number of fused-ring (bicyclic) bond motifs is 1. The van der Waals surface area contributed by atoms with Crippen molar-refractivity contribution in [3.05, 3.63) is 35.3 Å². The van der Waals surface area contributed by atoms with Crippen LogP contribution in [-0.4, -0.2) is 39.1 Å². The minimum atomic E-state index is -0.136. The molecule has 126 valence electrons. The van der Waals surface area contributed by atoms with Crippen LogP contribution in [0.15, 0.2) is 16.7 Å². The second kappa shape index (κ2) is 4.94. The van der Waals surface area contributed by atoms with Crippen LogP contribution in [0.3, 0.4) is 0 Å². The molecule has 0 aromatic carbocycles. The Balaban J connectivity index is 1.45. The molecule has 24 heavy (non-hydrogen) atoms. The maximum absolute atomic E-state index is 13.1. The number of nitrogens with one attached hydrogen (secondary N) is 1. The van der Waals surface area contributed by atoms with Crippen molar-refractivity contribution in [2.24, 2.45) is 5.92 Å². The lowest BCUT2D eigenvalue weighted by atomic mass is 9.80. The van der Waals surface area contributed by atoms with Crippen LogP contribution in [0.2, 0.25) is 0 Å². The summed E-state index contributed by atoms with van der Waals surface area (Å²) in [6, 6.07) is 2.07. The number of aryl methyl sites for hydroxylation is 1. The van der Waals surface area contributed by atoms with Crippen molar-refractivity contribution in [1.82, 2.24) is 20.1 Å². The molecule has 1 N–H and O–H groups in total. The van der Waals surface area contributed by atoms with Gasteiger partial charge in [0.05, 0.1) is 5.41 Å². The predicted molar refractivity (Wildman–Crippen MR) is 86.7 cm³/mol. The summed E-state index contributed by atoms with van der Waals surface area (Å²) in [5, 5.41) is 8.34. The first-order chi connectivity index (χ1) is 11.7. The topological polar surface area (TPSA) is 75.0 Å². The Kier molecular flexibility index (Phi) is 2.94. The van der Waals surface area contributed by atoms with E-state index in [0.717, 1.165) is 31.0 Å². The number of hydrogen-bond acceptors (Lipinski definition) is 4. The first-order valence-corrected chi connectivity index (χ1v) is 8.94. The van der Waals surface area contributed by atoms with Crippen LogP contribution in [0.4, 0.5) is 0 Å². The molecule has 5 rings (SSSR count). The minimum absolute atomic E-state index is 0.131. The van der Waals surface area contributed by atoms with Gasteiger partial charge in [0.25, 0.3) is 5.91 Å². The number of amides is 1. The number of likely N-dealkylation sites (tertiary alicyclic amines) is 1. The van der Waals surface area contributed by atoms with Gasteiger partial charge in [-0.2, -0.15) is 0 Å². The number of hydrogen-bond donors (Lipinski definition) is 1. The molecule has 6 heteroatoms. The zero-order chi connectivity index (χ0) is 16.3. The molecule has 3 heterocycles. The van der Waals surface area contributed by atoms with Crippen molar-refractivity contribution in [2.75, 3.05) is 13.1 Å². The SMILES string of the molecule is Cc1nnc([C@]23CCC[C@H]2CN(C(=O)c2[nH]ccc2C2CC2)C3)o1. The Bertz CT molecular complexity index is 791. The number of rotatable bonds is 3. The van der Waals surface area contributed by atoms with E-state index in [-0.39, 0.29) is 11.3 Å². The lowest BCUT2D eigenvalue weighted by Gasteiger charge is -2.24. The number of nitrogens with zero attached hydrogens (tertiary/aromatic N) is 3. The van der Waals surface area contributed by atoms with Gasteiger partial charge >= 0.3 is 0 Å². The molecule has 2 saturated carbocycles. The van der Waals surface area contributed by atoms with Gasteiger partial charge in [-0.15, -0.1) is 10.2 Å². The van der Waals surface area contributed by atoms with Crippen LogP contribution in [0.25, 0.3) is 0 Å². The van der Waals surface area contributed by atoms with Crippen LogP contribution in [0, 0.1) is 12.8 Å². The van der Waals surface area contributed by atoms with E-state index in [0.29, 0.717) is 24.3 Å². The summed E-state index contributed by atoms with van der Waals surface area (Å²) in [5.41, 5.74) is 1.84. The second-order valence-electron chi connectivity index (χ2n) is 7.64. The lowest BCUT2D eigenvalue weighted by molar-refractivity contribution is 0.0769. The monoisotopic (exact) mass is 326 g/mol. The normalized spacial score (nSPS) is 29.2. The van der Waals surface area contributed by atoms with E-state index in [1.54, 1.807) is 0 Å². The van der Waals surface area contributed by atoms with E-state index < -0.39 is 0 Å². The summed E-state index contributed by atoms with van der Waals surface area (Å²) in [6.45, 7) is 3.32. The first kappa shape index (κ1) is 14.3. The van der Waals surface area contributed by atoms with E-state index >= 15 is 0 Å². The zero-order valence-corrected chi connectivity index (χ0v) is 13.9. The quantitative estimate of drug-likeness (QED) is 0.941. The number of carbonyl (C=O) groups excluding carboxylic acids is 1. The third-order valence-corrected chi connectivity index (χ3v) is 6.12. The van der Waals surface area contributed by atoms with Crippen LogP contribution in [0.1, 0.15) is 65.9 Å². The smallest absolute Gasteiger partial charge is 0.270 e. The second-order valence-corrected chi connectivity index (χ2v) is 7.64. The highest BCUT2D eigenvalue weighted by Gasteiger charge is 2.55. The van der Waals surface area contributed by atoms with Crippen molar-refractivity contribution in [3.63, 3.8) is 0 Å². The van der Waals surface area contributed by atoms with E-state index in [4.69, 9.17) is 4.42 Å². The summed E-state index contributed by atoms with van der Waals surface area (Å²) < 4.78 is 5.79. The minimum Gasteiger partial charge on any atom is -0.425 e. The molecule has 0 unspecified atom stereocenters. The van der Waals surface area contributed by atoms with Gasteiger partial charge in [-0.25, -0.2) is 0 Å². The molecule has 1 amide bonds. The maximum Gasteiger partial charge on any atom is 0.270 e. The van der Waals surface area contributed by atoms with Crippen LogP contribution in [-0.2, 0) is 5.41 Å². The first-order valence-electron chi connectivity index (χ1n) is 8.94. The van der Waals surface area contributed by atoms with Crippen LogP contribution in [0.5, 0.6) is 0 Å². The van der Waals surface area contributed by atoms with Crippen molar-refractivity contribution < 1.29 is 9.21 Å². The number of aromatic nitrogens is 3. The highest BCUT2D eigenvalue weighted by Crippen LogP contribution is 2.50. The van der Waals surface area contributed by atoms with Gasteiger partial charge in [0.15, 0.2) is 0 Å². The molecular formula is C18H22N4O2. The molecule has 0 radical (unpaired) electrons. The Morgan fingerprint density at radius 3 is 3.00 bits per heavy atom. The van der Waals surface area contributed by atoms with Gasteiger partial charge < -0.3 is 14.3 Å². The van der Waals surface area contributed by atoms with Crippen molar-refractivity contribution >= 4 is 5.91 Å². The summed E-state index contributed by atoms with van der Waals surface area (Å²) in [7, 11) is 0. The van der Waals surface area contributed by atoms with E-state index in [9.17, 15) is 4.79 Å². The highest BCUT2D eigenvalue weighted by atomic mass is 16.4. The molecule has 6 nitrogen and oxygen atoms in total. The van der Waals surface area contributed by atoms with Gasteiger partial charge in [0.1, 0.15) is 5.69 Å². The van der Waals surface area contributed by atoms with Gasteiger partial charge in [0, 0.05) is 26.2 Å². The predicted octanol–water partition coefficient (Wildman–Crippen LogP) is 2.78. The van der Waals surface area contributed by atoms with E-state index in [2.05, 4.69) is 21.2 Å². The number of aromatic amines is 1. The standard InChI is InChI=1S/C18H22N4O2/c1-11-20-21-17(24-11)18-7-2-3-13(18)9-22(10-18)16(23)15-14(6-8-19-15)12-4-5-12/h6,8,12-13,19H,2-5,7,9-10H2,1H3/t13-,18-/m0/s1. The molecule has 1 aliphatic heterocycles. The largest absolute Gasteiger partial charge is 0.425 e. The van der Waals surface area contributed by atoms with Gasteiger partial charge in [0.2, 0.25) is 11.8 Å². The zero-order valence-electron chi connectivity index (χ0n) is 13.9. The average molecular weight is 326 g/mol. The molecule has 2 aliphatic carbocycles. The molecule has 2 aromatic heterocycles. The highest BCUT2D eigenvalue weighted by molar-refractivity contribution is 5.94. The molecule has 2 aromatic rings. The van der Waals surface area contributed by atoms with E-state index in [1.165, 1.54) is 24.8 Å². The van der Waals surface area contributed by atoms with Crippen molar-refractivity contribution in [3.8, 4) is 0 Å². The summed E-state index contributed by atoms with van der Waals surface area (Å²) >= 11 is 0. The summed E-state index contributed by atoms with van der Waals surface area (Å²) in [5.74, 6) is 2.47.